The van der Waals surface area contributed by atoms with Gasteiger partial charge in [0.05, 0.1) is 22.3 Å². The van der Waals surface area contributed by atoms with Crippen LogP contribution in [0, 0.1) is 0 Å². The Morgan fingerprint density at radius 1 is 1.16 bits per heavy atom. The molecule has 2 heterocycles. The minimum Gasteiger partial charge on any atom is -0.396 e. The summed E-state index contributed by atoms with van der Waals surface area (Å²) in [6, 6.07) is 14.1. The van der Waals surface area contributed by atoms with Gasteiger partial charge in [-0.05, 0) is 42.8 Å². The van der Waals surface area contributed by atoms with Crippen molar-refractivity contribution in [2.24, 2.45) is 0 Å². The molecule has 2 aromatic carbocycles. The number of aromatic nitrogens is 4. The number of benzene rings is 2. The first-order valence-electron chi connectivity index (χ1n) is 9.66. The minimum absolute atomic E-state index is 0.0480. The third kappa shape index (κ3) is 4.65. The Morgan fingerprint density at radius 3 is 2.81 bits per heavy atom. The summed E-state index contributed by atoms with van der Waals surface area (Å²) in [5.74, 6) is 0.968. The molecule has 9 nitrogen and oxygen atoms in total. The number of hydrogen-bond acceptors (Lipinski definition) is 8. The van der Waals surface area contributed by atoms with E-state index in [0.717, 1.165) is 16.6 Å². The SMILES string of the molecule is CS(=O)(=O)c1cccc(Nc2nccc(N(CCCO)c3cccc4[nH]ncc34)n2)c1. The molecule has 0 spiro atoms. The van der Waals surface area contributed by atoms with E-state index < -0.39 is 9.84 Å². The topological polar surface area (TPSA) is 124 Å². The molecule has 4 aromatic rings. The molecular weight excluding hydrogens is 416 g/mol. The van der Waals surface area contributed by atoms with Gasteiger partial charge < -0.3 is 15.3 Å². The van der Waals surface area contributed by atoms with Gasteiger partial charge in [-0.2, -0.15) is 10.1 Å². The van der Waals surface area contributed by atoms with Gasteiger partial charge >= 0.3 is 0 Å². The van der Waals surface area contributed by atoms with Crippen LogP contribution in [-0.2, 0) is 9.84 Å². The number of rotatable bonds is 8. The molecule has 0 bridgehead atoms. The molecule has 4 rings (SSSR count). The van der Waals surface area contributed by atoms with E-state index >= 15 is 0 Å². The highest BCUT2D eigenvalue weighted by Crippen LogP contribution is 2.31. The van der Waals surface area contributed by atoms with Crippen molar-refractivity contribution in [1.82, 2.24) is 20.2 Å². The molecular formula is C21H22N6O3S. The highest BCUT2D eigenvalue weighted by molar-refractivity contribution is 7.90. The average molecular weight is 439 g/mol. The third-order valence-corrected chi connectivity index (χ3v) is 5.84. The first-order chi connectivity index (χ1) is 15.0. The molecule has 10 heteroatoms. The summed E-state index contributed by atoms with van der Waals surface area (Å²) in [4.78, 5) is 11.1. The van der Waals surface area contributed by atoms with Crippen molar-refractivity contribution in [2.75, 3.05) is 29.6 Å². The first kappa shape index (κ1) is 20.8. The maximum Gasteiger partial charge on any atom is 0.229 e. The zero-order chi connectivity index (χ0) is 21.8. The Balaban J connectivity index is 1.69. The van der Waals surface area contributed by atoms with Crippen LogP contribution in [0.25, 0.3) is 10.9 Å². The Kier molecular flexibility index (Phi) is 5.83. The molecule has 2 aromatic heterocycles. The molecule has 0 radical (unpaired) electrons. The molecule has 0 aliphatic heterocycles. The number of aliphatic hydroxyl groups is 1. The first-order valence-corrected chi connectivity index (χ1v) is 11.6. The van der Waals surface area contributed by atoms with Crippen LogP contribution >= 0.6 is 0 Å². The molecule has 0 aliphatic rings. The second kappa shape index (κ2) is 8.70. The largest absolute Gasteiger partial charge is 0.396 e. The highest BCUT2D eigenvalue weighted by atomic mass is 32.2. The molecule has 0 saturated carbocycles. The Bertz CT molecular complexity index is 1310. The van der Waals surface area contributed by atoms with Crippen molar-refractivity contribution in [3.8, 4) is 0 Å². The molecule has 0 atom stereocenters. The van der Waals surface area contributed by atoms with Crippen molar-refractivity contribution in [2.45, 2.75) is 11.3 Å². The van der Waals surface area contributed by atoms with Crippen LogP contribution in [-0.4, -0.2) is 53.1 Å². The lowest BCUT2D eigenvalue weighted by Gasteiger charge is -2.24. The van der Waals surface area contributed by atoms with E-state index in [4.69, 9.17) is 0 Å². The van der Waals surface area contributed by atoms with Gasteiger partial charge in [0.25, 0.3) is 0 Å². The minimum atomic E-state index is -3.32. The zero-order valence-corrected chi connectivity index (χ0v) is 17.7. The van der Waals surface area contributed by atoms with Gasteiger partial charge in [-0.1, -0.05) is 12.1 Å². The molecule has 0 amide bonds. The van der Waals surface area contributed by atoms with Crippen LogP contribution in [0.2, 0.25) is 0 Å². The lowest BCUT2D eigenvalue weighted by atomic mass is 10.2. The van der Waals surface area contributed by atoms with Crippen LogP contribution < -0.4 is 10.2 Å². The predicted octanol–water partition coefficient (Wildman–Crippen LogP) is 3.02. The Labute approximate surface area is 179 Å². The van der Waals surface area contributed by atoms with E-state index in [0.29, 0.717) is 30.4 Å². The molecule has 0 saturated heterocycles. The smallest absolute Gasteiger partial charge is 0.229 e. The van der Waals surface area contributed by atoms with E-state index in [1.54, 1.807) is 42.7 Å². The number of hydrogen-bond donors (Lipinski definition) is 3. The lowest BCUT2D eigenvalue weighted by molar-refractivity contribution is 0.291. The fourth-order valence-corrected chi connectivity index (χ4v) is 3.94. The predicted molar refractivity (Wildman–Crippen MR) is 120 cm³/mol. The van der Waals surface area contributed by atoms with Crippen LogP contribution in [0.5, 0.6) is 0 Å². The molecule has 0 unspecified atom stereocenters. The number of H-pyrrole nitrogens is 1. The van der Waals surface area contributed by atoms with Crippen LogP contribution in [0.15, 0.2) is 65.8 Å². The normalized spacial score (nSPS) is 11.5. The molecule has 3 N–H and O–H groups in total. The van der Waals surface area contributed by atoms with E-state index in [9.17, 15) is 13.5 Å². The van der Waals surface area contributed by atoms with Gasteiger partial charge in [0, 0.05) is 36.7 Å². The summed E-state index contributed by atoms with van der Waals surface area (Å²) in [6.45, 7) is 0.590. The van der Waals surface area contributed by atoms with Crippen molar-refractivity contribution < 1.29 is 13.5 Å². The van der Waals surface area contributed by atoms with E-state index in [1.807, 2.05) is 23.1 Å². The fraction of sp³-hybridized carbons (Fsp3) is 0.190. The monoisotopic (exact) mass is 438 g/mol. The lowest BCUT2D eigenvalue weighted by Crippen LogP contribution is -2.21. The van der Waals surface area contributed by atoms with E-state index in [1.165, 1.54) is 6.26 Å². The van der Waals surface area contributed by atoms with Crippen LogP contribution in [0.4, 0.5) is 23.1 Å². The van der Waals surface area contributed by atoms with Crippen LogP contribution in [0.3, 0.4) is 0 Å². The number of aromatic amines is 1. The van der Waals surface area contributed by atoms with Crippen molar-refractivity contribution in [3.63, 3.8) is 0 Å². The van der Waals surface area contributed by atoms with E-state index in [2.05, 4.69) is 25.5 Å². The van der Waals surface area contributed by atoms with Gasteiger partial charge in [-0.15, -0.1) is 0 Å². The second-order valence-electron chi connectivity index (χ2n) is 7.00. The van der Waals surface area contributed by atoms with Crippen molar-refractivity contribution in [3.05, 3.63) is 60.9 Å². The second-order valence-corrected chi connectivity index (χ2v) is 9.02. The summed E-state index contributed by atoms with van der Waals surface area (Å²) in [7, 11) is -3.32. The quantitative estimate of drug-likeness (QED) is 0.383. The summed E-state index contributed by atoms with van der Waals surface area (Å²) in [6.07, 6.45) is 5.11. The van der Waals surface area contributed by atoms with Gasteiger partial charge in [0.2, 0.25) is 5.95 Å². The van der Waals surface area contributed by atoms with Gasteiger partial charge in [0.15, 0.2) is 9.84 Å². The summed E-state index contributed by atoms with van der Waals surface area (Å²) in [5.41, 5.74) is 2.37. The number of anilines is 4. The van der Waals surface area contributed by atoms with E-state index in [-0.39, 0.29) is 11.5 Å². The number of nitrogens with one attached hydrogen (secondary N) is 2. The summed E-state index contributed by atoms with van der Waals surface area (Å²) >= 11 is 0. The van der Waals surface area contributed by atoms with Crippen LogP contribution in [0.1, 0.15) is 6.42 Å². The van der Waals surface area contributed by atoms with Gasteiger partial charge in [-0.25, -0.2) is 13.4 Å². The maximum atomic E-state index is 11.8. The zero-order valence-electron chi connectivity index (χ0n) is 16.9. The van der Waals surface area contributed by atoms with Crippen molar-refractivity contribution in [1.29, 1.82) is 0 Å². The Hall–Kier alpha value is -3.50. The highest BCUT2D eigenvalue weighted by Gasteiger charge is 2.16. The molecule has 0 fully saturated rings. The molecule has 0 aliphatic carbocycles. The third-order valence-electron chi connectivity index (χ3n) is 4.73. The summed E-state index contributed by atoms with van der Waals surface area (Å²) < 4.78 is 23.7. The standard InChI is InChI=1S/C21H22N6O3S/c1-31(29,30)16-6-2-5-15(13-16)24-21-22-10-9-20(25-21)27(11-4-12-28)19-8-3-7-18-17(19)14-23-26-18/h2-3,5-10,13-14,28H,4,11-12H2,1H3,(H,23,26)(H,22,24,25). The van der Waals surface area contributed by atoms with Gasteiger partial charge in [0.1, 0.15) is 5.82 Å². The maximum absolute atomic E-state index is 11.8. The summed E-state index contributed by atoms with van der Waals surface area (Å²) in [5, 5.41) is 20.5. The number of nitrogens with zero attached hydrogens (tertiary/aromatic N) is 4. The fourth-order valence-electron chi connectivity index (χ4n) is 3.27. The number of aliphatic hydroxyl groups excluding tert-OH is 1. The van der Waals surface area contributed by atoms with Crippen molar-refractivity contribution >= 4 is 43.9 Å². The molecule has 160 valence electrons. The number of sulfone groups is 1. The average Bonchev–Trinajstić information content (AvgIpc) is 3.23. The number of fused-ring (bicyclic) bond motifs is 1. The Morgan fingerprint density at radius 2 is 2.00 bits per heavy atom. The molecule has 31 heavy (non-hydrogen) atoms. The van der Waals surface area contributed by atoms with Gasteiger partial charge in [-0.3, -0.25) is 5.10 Å².